The van der Waals surface area contributed by atoms with Gasteiger partial charge in [0.15, 0.2) is 5.11 Å². The van der Waals surface area contributed by atoms with Crippen LogP contribution in [0.1, 0.15) is 57.8 Å². The lowest BCUT2D eigenvalue weighted by molar-refractivity contribution is 0.251. The normalized spacial score (nSPS) is 33.8. The molecule has 0 spiro atoms. The molecular formula is C14H24N2S. The SMILES string of the molecule is S=C(NC1CCCC1)N1CCC2CCCCC21. The van der Waals surface area contributed by atoms with Crippen molar-refractivity contribution in [1.29, 1.82) is 0 Å². The van der Waals surface area contributed by atoms with Crippen LogP contribution in [0.15, 0.2) is 0 Å². The number of hydrogen-bond acceptors (Lipinski definition) is 1. The van der Waals surface area contributed by atoms with Crippen LogP contribution in [0.3, 0.4) is 0 Å². The third-order valence-electron chi connectivity index (χ3n) is 4.95. The van der Waals surface area contributed by atoms with Crippen molar-refractivity contribution in [3.8, 4) is 0 Å². The van der Waals surface area contributed by atoms with E-state index in [1.807, 2.05) is 0 Å². The maximum Gasteiger partial charge on any atom is 0.169 e. The lowest BCUT2D eigenvalue weighted by atomic mass is 9.85. The number of nitrogens with one attached hydrogen (secondary N) is 1. The van der Waals surface area contributed by atoms with Crippen molar-refractivity contribution in [3.63, 3.8) is 0 Å². The second-order valence-electron chi connectivity index (χ2n) is 6.02. The highest BCUT2D eigenvalue weighted by Gasteiger charge is 2.37. The van der Waals surface area contributed by atoms with Crippen molar-refractivity contribution in [1.82, 2.24) is 10.2 Å². The Morgan fingerprint density at radius 1 is 0.941 bits per heavy atom. The predicted molar refractivity (Wildman–Crippen MR) is 75.1 cm³/mol. The topological polar surface area (TPSA) is 15.3 Å². The van der Waals surface area contributed by atoms with E-state index in [0.717, 1.165) is 17.1 Å². The summed E-state index contributed by atoms with van der Waals surface area (Å²) >= 11 is 5.63. The Hall–Kier alpha value is -0.310. The minimum atomic E-state index is 0.671. The third kappa shape index (κ3) is 2.44. The fraction of sp³-hybridized carbons (Fsp3) is 0.929. The molecule has 0 aromatic heterocycles. The first-order valence-electron chi connectivity index (χ1n) is 7.42. The van der Waals surface area contributed by atoms with Gasteiger partial charge in [-0.25, -0.2) is 0 Å². The summed E-state index contributed by atoms with van der Waals surface area (Å²) in [5, 5.41) is 4.67. The van der Waals surface area contributed by atoms with Crippen molar-refractivity contribution in [2.24, 2.45) is 5.92 Å². The molecule has 2 unspecified atom stereocenters. The lowest BCUT2D eigenvalue weighted by Gasteiger charge is -2.34. The van der Waals surface area contributed by atoms with Crippen molar-refractivity contribution in [2.75, 3.05) is 6.54 Å². The van der Waals surface area contributed by atoms with E-state index < -0.39 is 0 Å². The van der Waals surface area contributed by atoms with Crippen LogP contribution in [0.5, 0.6) is 0 Å². The molecule has 1 aliphatic heterocycles. The van der Waals surface area contributed by atoms with E-state index in [4.69, 9.17) is 12.2 Å². The van der Waals surface area contributed by atoms with Gasteiger partial charge in [0.05, 0.1) is 0 Å². The van der Waals surface area contributed by atoms with Crippen molar-refractivity contribution in [3.05, 3.63) is 0 Å². The van der Waals surface area contributed by atoms with Crippen molar-refractivity contribution in [2.45, 2.75) is 69.9 Å². The van der Waals surface area contributed by atoms with Crippen LogP contribution in [0.2, 0.25) is 0 Å². The van der Waals surface area contributed by atoms with Crippen molar-refractivity contribution < 1.29 is 0 Å². The van der Waals surface area contributed by atoms with Crippen LogP contribution in [-0.4, -0.2) is 28.6 Å². The average Bonchev–Trinajstić information content (AvgIpc) is 2.96. The molecule has 0 bridgehead atoms. The molecule has 2 atom stereocenters. The van der Waals surface area contributed by atoms with Gasteiger partial charge in [-0.2, -0.15) is 0 Å². The van der Waals surface area contributed by atoms with Crippen LogP contribution in [0.25, 0.3) is 0 Å². The summed E-state index contributed by atoms with van der Waals surface area (Å²) < 4.78 is 0. The number of rotatable bonds is 1. The molecule has 2 aliphatic carbocycles. The van der Waals surface area contributed by atoms with Gasteiger partial charge in [-0.15, -0.1) is 0 Å². The maximum atomic E-state index is 5.63. The Morgan fingerprint density at radius 2 is 1.65 bits per heavy atom. The lowest BCUT2D eigenvalue weighted by Crippen LogP contribution is -2.47. The maximum absolute atomic E-state index is 5.63. The summed E-state index contributed by atoms with van der Waals surface area (Å²) in [5.41, 5.74) is 0. The standard InChI is InChI=1S/C14H24N2S/c17-14(15-12-6-2-3-7-12)16-10-9-11-5-1-4-8-13(11)16/h11-13H,1-10H2,(H,15,17). The van der Waals surface area contributed by atoms with Crippen LogP contribution < -0.4 is 5.32 Å². The summed E-state index contributed by atoms with van der Waals surface area (Å²) in [5.74, 6) is 0.937. The monoisotopic (exact) mass is 252 g/mol. The molecule has 17 heavy (non-hydrogen) atoms. The molecule has 3 rings (SSSR count). The second-order valence-corrected chi connectivity index (χ2v) is 6.41. The Kier molecular flexibility index (Phi) is 3.55. The molecule has 0 radical (unpaired) electrons. The van der Waals surface area contributed by atoms with Crippen LogP contribution in [0, 0.1) is 5.92 Å². The minimum Gasteiger partial charge on any atom is -0.360 e. The van der Waals surface area contributed by atoms with E-state index in [0.29, 0.717) is 6.04 Å². The number of thiocarbonyl (C=S) groups is 1. The highest BCUT2D eigenvalue weighted by Crippen LogP contribution is 2.36. The van der Waals surface area contributed by atoms with E-state index in [1.165, 1.54) is 64.3 Å². The minimum absolute atomic E-state index is 0.671. The summed E-state index contributed by atoms with van der Waals surface area (Å²) in [6, 6.07) is 1.44. The summed E-state index contributed by atoms with van der Waals surface area (Å²) in [4.78, 5) is 2.51. The summed E-state index contributed by atoms with van der Waals surface area (Å²) in [6.45, 7) is 1.20. The summed E-state index contributed by atoms with van der Waals surface area (Å²) in [6.07, 6.45) is 12.4. The van der Waals surface area contributed by atoms with Gasteiger partial charge in [-0.3, -0.25) is 0 Å². The van der Waals surface area contributed by atoms with Gasteiger partial charge in [0, 0.05) is 18.6 Å². The quantitative estimate of drug-likeness (QED) is 0.722. The van der Waals surface area contributed by atoms with Gasteiger partial charge in [-0.1, -0.05) is 25.7 Å². The Balaban J connectivity index is 1.57. The van der Waals surface area contributed by atoms with E-state index in [-0.39, 0.29) is 0 Å². The van der Waals surface area contributed by atoms with Gasteiger partial charge < -0.3 is 10.2 Å². The number of likely N-dealkylation sites (tertiary alicyclic amines) is 1. The molecule has 2 nitrogen and oxygen atoms in total. The van der Waals surface area contributed by atoms with Gasteiger partial charge in [0.2, 0.25) is 0 Å². The number of hydrogen-bond donors (Lipinski definition) is 1. The number of fused-ring (bicyclic) bond motifs is 1. The number of nitrogens with zero attached hydrogens (tertiary/aromatic N) is 1. The zero-order valence-corrected chi connectivity index (χ0v) is 11.5. The zero-order valence-electron chi connectivity index (χ0n) is 10.7. The molecule has 3 fully saturated rings. The average molecular weight is 252 g/mol. The van der Waals surface area contributed by atoms with E-state index >= 15 is 0 Å². The largest absolute Gasteiger partial charge is 0.360 e. The van der Waals surface area contributed by atoms with Gasteiger partial charge in [0.1, 0.15) is 0 Å². The smallest absolute Gasteiger partial charge is 0.169 e. The molecule has 1 heterocycles. The van der Waals surface area contributed by atoms with Gasteiger partial charge in [-0.05, 0) is 50.2 Å². The first-order chi connectivity index (χ1) is 8.34. The van der Waals surface area contributed by atoms with E-state index in [1.54, 1.807) is 0 Å². The van der Waals surface area contributed by atoms with E-state index in [9.17, 15) is 0 Å². The molecule has 0 amide bonds. The fourth-order valence-corrected chi connectivity index (χ4v) is 4.38. The Bertz CT molecular complexity index is 286. The molecule has 1 N–H and O–H groups in total. The van der Waals surface area contributed by atoms with E-state index in [2.05, 4.69) is 10.2 Å². The van der Waals surface area contributed by atoms with Crippen LogP contribution in [0.4, 0.5) is 0 Å². The molecule has 1 saturated heterocycles. The first kappa shape index (κ1) is 11.8. The first-order valence-corrected chi connectivity index (χ1v) is 7.82. The molecule has 96 valence electrons. The third-order valence-corrected chi connectivity index (χ3v) is 5.31. The fourth-order valence-electron chi connectivity index (χ4n) is 3.99. The molecule has 2 saturated carbocycles. The molecule has 0 aromatic rings. The molecule has 3 aliphatic rings. The summed E-state index contributed by atoms with van der Waals surface area (Å²) in [7, 11) is 0. The molecular weight excluding hydrogens is 228 g/mol. The van der Waals surface area contributed by atoms with Crippen LogP contribution in [-0.2, 0) is 0 Å². The highest BCUT2D eigenvalue weighted by molar-refractivity contribution is 7.80. The van der Waals surface area contributed by atoms with Crippen LogP contribution >= 0.6 is 12.2 Å². The predicted octanol–water partition coefficient (Wildman–Crippen LogP) is 3.07. The zero-order chi connectivity index (χ0) is 11.7. The second kappa shape index (κ2) is 5.13. The Morgan fingerprint density at radius 3 is 2.47 bits per heavy atom. The van der Waals surface area contributed by atoms with Crippen molar-refractivity contribution >= 4 is 17.3 Å². The van der Waals surface area contributed by atoms with Gasteiger partial charge >= 0.3 is 0 Å². The van der Waals surface area contributed by atoms with Gasteiger partial charge in [0.25, 0.3) is 0 Å². The molecule has 0 aromatic carbocycles. The highest BCUT2D eigenvalue weighted by atomic mass is 32.1. The molecule has 3 heteroatoms. The Labute approximate surface area is 110 Å².